The molecule has 0 saturated carbocycles. The number of hydrogen-bond acceptors (Lipinski definition) is 5. The molecule has 2 atom stereocenters. The molecule has 1 aromatic rings. The van der Waals surface area contributed by atoms with Gasteiger partial charge in [-0.15, -0.1) is 11.8 Å². The van der Waals surface area contributed by atoms with Crippen molar-refractivity contribution in [3.05, 3.63) is 23.8 Å². The Morgan fingerprint density at radius 2 is 2.23 bits per heavy atom. The van der Waals surface area contributed by atoms with Crippen molar-refractivity contribution in [3.8, 4) is 0 Å². The first-order chi connectivity index (χ1) is 12.8. The van der Waals surface area contributed by atoms with E-state index in [-0.39, 0.29) is 5.97 Å². The fourth-order valence-electron chi connectivity index (χ4n) is 4.85. The summed E-state index contributed by atoms with van der Waals surface area (Å²) in [5.74, 6) is 1.85. The molecule has 3 heterocycles. The molecule has 0 radical (unpaired) electrons. The summed E-state index contributed by atoms with van der Waals surface area (Å²) in [5.41, 5.74) is 3.13. The number of fused-ring (bicyclic) bond motifs is 3. The number of piperidine rings is 1. The summed E-state index contributed by atoms with van der Waals surface area (Å²) in [6.45, 7) is 7.04. The topological polar surface area (TPSA) is 32.8 Å². The quantitative estimate of drug-likeness (QED) is 0.557. The van der Waals surface area contributed by atoms with Crippen LogP contribution >= 0.6 is 11.8 Å². The Bertz CT molecular complexity index is 651. The van der Waals surface area contributed by atoms with Crippen molar-refractivity contribution in [1.82, 2.24) is 4.90 Å². The van der Waals surface area contributed by atoms with Crippen LogP contribution in [0.25, 0.3) is 0 Å². The fourth-order valence-corrected chi connectivity index (χ4v) is 5.89. The number of nitrogens with zero attached hydrogens (tertiary/aromatic N) is 2. The van der Waals surface area contributed by atoms with Gasteiger partial charge in [-0.25, -0.2) is 0 Å². The van der Waals surface area contributed by atoms with Crippen molar-refractivity contribution in [2.75, 3.05) is 43.4 Å². The number of likely N-dealkylation sites (tertiary alicyclic amines) is 1. The molecule has 1 fully saturated rings. The Kier molecular flexibility index (Phi) is 5.75. The van der Waals surface area contributed by atoms with Crippen molar-refractivity contribution in [2.24, 2.45) is 0 Å². The lowest BCUT2D eigenvalue weighted by atomic mass is 9.89. The molecule has 0 aliphatic carbocycles. The van der Waals surface area contributed by atoms with E-state index in [1.165, 1.54) is 43.1 Å². The van der Waals surface area contributed by atoms with Crippen molar-refractivity contribution >= 4 is 23.4 Å². The van der Waals surface area contributed by atoms with E-state index < -0.39 is 0 Å². The number of carbonyl (C=O) groups is 1. The standard InChI is InChI=1S/C21H30N2O2S/c1-2-25-20(24)9-3-4-11-22-13-10-18-17(15-22)16-7-5-8-19-21(16)23(18)12-6-14-26-19/h5,7-8,17-18H,2-4,6,9-15H2,1H3/t17-,18-/m0/s1. The molecule has 1 aromatic carbocycles. The molecule has 0 amide bonds. The zero-order valence-corrected chi connectivity index (χ0v) is 16.6. The Labute approximate surface area is 161 Å². The van der Waals surface area contributed by atoms with E-state index in [2.05, 4.69) is 28.0 Å². The van der Waals surface area contributed by atoms with Crippen LogP contribution in [0.1, 0.15) is 50.5 Å². The molecule has 5 heteroatoms. The summed E-state index contributed by atoms with van der Waals surface area (Å²) in [4.78, 5) is 18.3. The molecule has 1 saturated heterocycles. The number of para-hydroxylation sites is 1. The number of esters is 1. The van der Waals surface area contributed by atoms with Crippen molar-refractivity contribution in [3.63, 3.8) is 0 Å². The molecule has 0 N–H and O–H groups in total. The van der Waals surface area contributed by atoms with Gasteiger partial charge in [-0.2, -0.15) is 0 Å². The second-order valence-electron chi connectivity index (χ2n) is 7.61. The van der Waals surface area contributed by atoms with Gasteiger partial charge in [0.15, 0.2) is 0 Å². The predicted molar refractivity (Wildman–Crippen MR) is 107 cm³/mol. The third kappa shape index (κ3) is 3.61. The number of benzene rings is 1. The maximum Gasteiger partial charge on any atom is 0.305 e. The lowest BCUT2D eigenvalue weighted by Crippen LogP contribution is -2.46. The van der Waals surface area contributed by atoms with Gasteiger partial charge in [0.2, 0.25) is 0 Å². The normalized spacial score (nSPS) is 24.7. The molecule has 3 aliphatic heterocycles. The van der Waals surface area contributed by atoms with Gasteiger partial charge in [0.1, 0.15) is 0 Å². The molecule has 0 spiro atoms. The van der Waals surface area contributed by atoms with Crippen LogP contribution in [0.2, 0.25) is 0 Å². The highest BCUT2D eigenvalue weighted by molar-refractivity contribution is 7.99. The van der Waals surface area contributed by atoms with Crippen molar-refractivity contribution in [1.29, 1.82) is 0 Å². The maximum absolute atomic E-state index is 11.5. The summed E-state index contributed by atoms with van der Waals surface area (Å²) in [5, 5.41) is 0. The first-order valence-electron chi connectivity index (χ1n) is 10.2. The van der Waals surface area contributed by atoms with Gasteiger partial charge in [0, 0.05) is 42.9 Å². The molecule has 0 unspecified atom stereocenters. The summed E-state index contributed by atoms with van der Waals surface area (Å²) in [6, 6.07) is 7.63. The van der Waals surface area contributed by atoms with Crippen molar-refractivity contribution < 1.29 is 9.53 Å². The molecular weight excluding hydrogens is 344 g/mol. The molecule has 0 aromatic heterocycles. The zero-order valence-electron chi connectivity index (χ0n) is 15.8. The smallest absolute Gasteiger partial charge is 0.305 e. The number of carbonyl (C=O) groups excluding carboxylic acids is 1. The molecule has 0 bridgehead atoms. The summed E-state index contributed by atoms with van der Waals surface area (Å²) < 4.78 is 5.02. The lowest BCUT2D eigenvalue weighted by Gasteiger charge is -2.39. The molecular formula is C21H30N2O2S. The minimum absolute atomic E-state index is 0.0499. The fraction of sp³-hybridized carbons (Fsp3) is 0.667. The minimum Gasteiger partial charge on any atom is -0.466 e. The summed E-state index contributed by atoms with van der Waals surface area (Å²) >= 11 is 2.04. The molecule has 4 rings (SSSR count). The van der Waals surface area contributed by atoms with Gasteiger partial charge >= 0.3 is 5.97 Å². The van der Waals surface area contributed by atoms with Crippen LogP contribution in [0.5, 0.6) is 0 Å². The van der Waals surface area contributed by atoms with Gasteiger partial charge in [0.05, 0.1) is 12.3 Å². The van der Waals surface area contributed by atoms with Crippen LogP contribution in [0.4, 0.5) is 5.69 Å². The van der Waals surface area contributed by atoms with Crippen LogP contribution < -0.4 is 4.90 Å². The molecule has 4 nitrogen and oxygen atoms in total. The minimum atomic E-state index is -0.0499. The number of thioether (sulfide) groups is 1. The lowest BCUT2D eigenvalue weighted by molar-refractivity contribution is -0.143. The Hall–Kier alpha value is -1.20. The third-order valence-electron chi connectivity index (χ3n) is 5.99. The van der Waals surface area contributed by atoms with E-state index in [1.54, 1.807) is 11.3 Å². The molecule has 26 heavy (non-hydrogen) atoms. The van der Waals surface area contributed by atoms with E-state index in [4.69, 9.17) is 4.74 Å². The highest BCUT2D eigenvalue weighted by Gasteiger charge is 2.43. The van der Waals surface area contributed by atoms with Gasteiger partial charge in [-0.3, -0.25) is 4.79 Å². The van der Waals surface area contributed by atoms with E-state index >= 15 is 0 Å². The van der Waals surface area contributed by atoms with Crippen LogP contribution in [-0.4, -0.2) is 55.4 Å². The number of unbranched alkanes of at least 4 members (excludes halogenated alkanes) is 1. The average molecular weight is 375 g/mol. The SMILES string of the molecule is CCOC(=O)CCCCN1CC[C@H]2[C@@H](C1)c1cccc3c1N2CCCS3. The summed E-state index contributed by atoms with van der Waals surface area (Å²) in [6.07, 6.45) is 5.14. The van der Waals surface area contributed by atoms with E-state index in [0.717, 1.165) is 19.4 Å². The molecule has 142 valence electrons. The number of anilines is 1. The van der Waals surface area contributed by atoms with Crippen LogP contribution in [0.3, 0.4) is 0 Å². The zero-order chi connectivity index (χ0) is 17.9. The first-order valence-corrected chi connectivity index (χ1v) is 11.2. The van der Waals surface area contributed by atoms with Gasteiger partial charge in [0.25, 0.3) is 0 Å². The Morgan fingerprint density at radius 3 is 3.12 bits per heavy atom. The first kappa shape index (κ1) is 18.2. The van der Waals surface area contributed by atoms with Gasteiger partial charge in [-0.1, -0.05) is 12.1 Å². The van der Waals surface area contributed by atoms with Gasteiger partial charge in [-0.05, 0) is 56.5 Å². The predicted octanol–water partition coefficient (Wildman–Crippen LogP) is 3.89. The second kappa shape index (κ2) is 8.22. The second-order valence-corrected chi connectivity index (χ2v) is 8.75. The summed E-state index contributed by atoms with van der Waals surface area (Å²) in [7, 11) is 0. The highest BCUT2D eigenvalue weighted by Crippen LogP contribution is 2.50. The largest absolute Gasteiger partial charge is 0.466 e. The highest BCUT2D eigenvalue weighted by atomic mass is 32.2. The van der Waals surface area contributed by atoms with Crippen LogP contribution in [-0.2, 0) is 9.53 Å². The third-order valence-corrected chi connectivity index (χ3v) is 7.12. The number of hydrogen-bond donors (Lipinski definition) is 0. The van der Waals surface area contributed by atoms with Crippen LogP contribution in [0, 0.1) is 0 Å². The Balaban J connectivity index is 1.37. The van der Waals surface area contributed by atoms with Crippen molar-refractivity contribution in [2.45, 2.75) is 55.9 Å². The molecule has 3 aliphatic rings. The number of ether oxygens (including phenoxy) is 1. The van der Waals surface area contributed by atoms with Crippen LogP contribution in [0.15, 0.2) is 23.1 Å². The van der Waals surface area contributed by atoms with E-state index in [1.807, 2.05) is 18.7 Å². The van der Waals surface area contributed by atoms with E-state index in [9.17, 15) is 4.79 Å². The number of rotatable bonds is 6. The Morgan fingerprint density at radius 1 is 1.31 bits per heavy atom. The van der Waals surface area contributed by atoms with E-state index in [0.29, 0.717) is 25.0 Å². The maximum atomic E-state index is 11.5. The monoisotopic (exact) mass is 374 g/mol. The average Bonchev–Trinajstić information content (AvgIpc) is 2.81. The van der Waals surface area contributed by atoms with Gasteiger partial charge < -0.3 is 14.5 Å².